The second-order valence-electron chi connectivity index (χ2n) is 24.6. The van der Waals surface area contributed by atoms with Gasteiger partial charge in [0, 0.05) is 79.7 Å². The molecule has 0 bridgehead atoms. The van der Waals surface area contributed by atoms with E-state index in [-0.39, 0.29) is 87.5 Å². The van der Waals surface area contributed by atoms with Crippen LogP contribution in [0.3, 0.4) is 0 Å². The lowest BCUT2D eigenvalue weighted by atomic mass is 9.61. The number of allylic oxidation sites excluding steroid dienone is 2. The molecule has 12 heteroatoms. The van der Waals surface area contributed by atoms with Gasteiger partial charge in [0.1, 0.15) is 28.7 Å². The first-order valence-electron chi connectivity index (χ1n) is 29.5. The molecule has 0 aliphatic carbocycles. The molecule has 2 aromatic rings. The van der Waals surface area contributed by atoms with Crippen molar-refractivity contribution >= 4 is 34.2 Å². The number of rotatable bonds is 26. The molecule has 0 spiro atoms. The molecule has 14 unspecified atom stereocenters. The Morgan fingerprint density at radius 2 is 1.68 bits per heavy atom. The van der Waals surface area contributed by atoms with E-state index in [4.69, 9.17) is 21.2 Å². The van der Waals surface area contributed by atoms with Gasteiger partial charge in [-0.25, -0.2) is 0 Å². The third kappa shape index (κ3) is 18.7. The number of fused-ring (bicyclic) bond motifs is 1. The van der Waals surface area contributed by atoms with Gasteiger partial charge in [0.2, 0.25) is 0 Å². The summed E-state index contributed by atoms with van der Waals surface area (Å²) in [6.45, 7) is 54.6. The molecule has 14 atom stereocenters. The molecular weight excluding hydrogens is 993 g/mol. The van der Waals surface area contributed by atoms with E-state index in [1.807, 2.05) is 49.6 Å². The third-order valence-electron chi connectivity index (χ3n) is 18.2. The number of hydrogen-bond acceptors (Lipinski definition) is 11. The summed E-state index contributed by atoms with van der Waals surface area (Å²) < 4.78 is 16.3. The smallest absolute Gasteiger partial charge is 0.200 e. The van der Waals surface area contributed by atoms with Crippen molar-refractivity contribution in [1.82, 2.24) is 20.1 Å². The van der Waals surface area contributed by atoms with Crippen LogP contribution in [0.25, 0.3) is 16.7 Å². The molecule has 1 aliphatic heterocycles. The van der Waals surface area contributed by atoms with Gasteiger partial charge in [-0.1, -0.05) is 121 Å². The maximum atomic E-state index is 14.0. The van der Waals surface area contributed by atoms with Crippen LogP contribution in [0, 0.1) is 64.6 Å². The van der Waals surface area contributed by atoms with Crippen molar-refractivity contribution in [2.24, 2.45) is 64.6 Å². The molecule has 1 aromatic carbocycles. The van der Waals surface area contributed by atoms with Crippen LogP contribution in [0.1, 0.15) is 161 Å². The minimum absolute atomic E-state index is 0.0207. The predicted octanol–water partition coefficient (Wildman–Crippen LogP) is 14.1. The predicted molar refractivity (Wildman–Crippen MR) is 333 cm³/mol. The van der Waals surface area contributed by atoms with Crippen molar-refractivity contribution in [2.45, 2.75) is 197 Å². The molecule has 1 saturated heterocycles. The van der Waals surface area contributed by atoms with Crippen molar-refractivity contribution < 1.29 is 29.6 Å². The SMILES string of the molecule is C=CNC1C(C)C(=C)C(C)CCC(OC(C)C(C)C(CC(C)C)N(C)C)C(C)C(C)C(C(C)CC(C)(CC)C(CC(=O)CCNCCSc2ccc3c(c2)c(=O)c(C(=C)O)cn3CC)C(C)C)C(=C)O/C(=C\C)C1(C)O.CO. The van der Waals surface area contributed by atoms with E-state index in [1.54, 1.807) is 24.2 Å². The van der Waals surface area contributed by atoms with Gasteiger partial charge in [-0.05, 0) is 151 Å². The summed E-state index contributed by atoms with van der Waals surface area (Å²) in [6.07, 6.45) is 10.8. The van der Waals surface area contributed by atoms with E-state index in [0.29, 0.717) is 67.3 Å². The Morgan fingerprint density at radius 1 is 1.04 bits per heavy atom. The Labute approximate surface area is 479 Å². The summed E-state index contributed by atoms with van der Waals surface area (Å²) in [7, 11) is 5.39. The fourth-order valence-corrected chi connectivity index (χ4v) is 13.8. The number of nitrogens with zero attached hydrogens (tertiary/aromatic N) is 2. The molecule has 78 heavy (non-hydrogen) atoms. The highest BCUT2D eigenvalue weighted by Gasteiger charge is 2.46. The van der Waals surface area contributed by atoms with Crippen molar-refractivity contribution in [2.75, 3.05) is 40.0 Å². The number of ketones is 1. The van der Waals surface area contributed by atoms with E-state index in [2.05, 4.69) is 139 Å². The van der Waals surface area contributed by atoms with E-state index in [1.165, 1.54) is 0 Å². The van der Waals surface area contributed by atoms with Crippen LogP contribution in [-0.4, -0.2) is 101 Å². The normalized spacial score (nSPS) is 26.1. The Morgan fingerprint density at radius 3 is 2.22 bits per heavy atom. The zero-order valence-corrected chi connectivity index (χ0v) is 53.2. The number of aliphatic hydroxyl groups is 3. The fraction of sp³-hybridized carbons (Fsp3) is 0.697. The third-order valence-corrected chi connectivity index (χ3v) is 19.2. The number of ether oxygens (including phenoxy) is 2. The van der Waals surface area contributed by atoms with Gasteiger partial charge in [0.25, 0.3) is 0 Å². The van der Waals surface area contributed by atoms with Crippen LogP contribution < -0.4 is 16.1 Å². The number of carbonyl (C=O) groups is 1. The molecule has 0 amide bonds. The number of benzene rings is 1. The monoisotopic (exact) mass is 1100 g/mol. The standard InChI is InChI=1S/C65H108N4O6S.CH4O/c1-23-60-65(20,73)63(67-25-3)47(14)44(11)42(9)27-30-59(74-50(17)48(15)58(68(21)22)35-40(5)6)45(12)46(13)61(51(18)75-60)43(10)38-64(19,24-2)56(41(7)8)36-52(71)31-32-66-33-34-76-53-28-29-57-54(37-53)62(72)55(49(16)70)39-69(57)26-4;1-2/h23,25,28-29,37,39-43,45-48,50,56,58-59,61,63,66-67,70,73H,3,11,16,18,24,26-27,30-36,38H2,1-2,4-10,12-15,17,19-22H3;2H,1H3/b60-23-;. The van der Waals surface area contributed by atoms with Gasteiger partial charge in [-0.3, -0.25) is 9.59 Å². The summed E-state index contributed by atoms with van der Waals surface area (Å²) in [4.78, 5) is 30.6. The number of carbonyl (C=O) groups excluding carboxylic acids is 1. The number of aliphatic hydroxyl groups excluding tert-OH is 2. The van der Waals surface area contributed by atoms with Gasteiger partial charge >= 0.3 is 0 Å². The molecule has 444 valence electrons. The van der Waals surface area contributed by atoms with Crippen LogP contribution >= 0.6 is 11.8 Å². The zero-order chi connectivity index (χ0) is 59.6. The van der Waals surface area contributed by atoms with Gasteiger partial charge in [-0.15, -0.1) is 11.8 Å². The lowest BCUT2D eigenvalue weighted by Gasteiger charge is -2.46. The van der Waals surface area contributed by atoms with Crippen LogP contribution in [0.2, 0.25) is 0 Å². The molecule has 1 aliphatic rings. The first kappa shape index (κ1) is 70.5. The van der Waals surface area contributed by atoms with Crippen LogP contribution in [0.4, 0.5) is 0 Å². The number of nitrogens with one attached hydrogen (secondary N) is 2. The van der Waals surface area contributed by atoms with E-state index >= 15 is 0 Å². The Bertz CT molecular complexity index is 2320. The highest BCUT2D eigenvalue weighted by molar-refractivity contribution is 7.99. The summed E-state index contributed by atoms with van der Waals surface area (Å²) >= 11 is 1.66. The topological polar surface area (TPSA) is 146 Å². The lowest BCUT2D eigenvalue weighted by molar-refractivity contribution is -0.122. The number of aromatic nitrogens is 1. The van der Waals surface area contributed by atoms with Crippen LogP contribution in [0.15, 0.2) is 89.8 Å². The van der Waals surface area contributed by atoms with Gasteiger partial charge < -0.3 is 44.9 Å². The van der Waals surface area contributed by atoms with E-state index in [9.17, 15) is 19.8 Å². The molecule has 0 saturated carbocycles. The van der Waals surface area contributed by atoms with E-state index in [0.717, 1.165) is 61.0 Å². The highest BCUT2D eigenvalue weighted by atomic mass is 32.2. The van der Waals surface area contributed by atoms with E-state index < -0.39 is 11.6 Å². The van der Waals surface area contributed by atoms with Crippen LogP contribution in [0.5, 0.6) is 0 Å². The van der Waals surface area contributed by atoms with Crippen molar-refractivity contribution in [3.8, 4) is 0 Å². The molecule has 2 heterocycles. The molecular formula is C66H112N4O7S. The maximum absolute atomic E-state index is 14.0. The highest BCUT2D eigenvalue weighted by Crippen LogP contribution is 2.49. The van der Waals surface area contributed by atoms with Crippen LogP contribution in [-0.2, 0) is 20.8 Å². The minimum atomic E-state index is -1.42. The Hall–Kier alpha value is -3.65. The Kier molecular flexibility index (Phi) is 29.5. The Balaban J connectivity index is 0.0000103. The fourth-order valence-electron chi connectivity index (χ4n) is 12.9. The van der Waals surface area contributed by atoms with Gasteiger partial charge in [-0.2, -0.15) is 0 Å². The number of thioether (sulfide) groups is 1. The number of hydrogen-bond donors (Lipinski definition) is 5. The molecule has 5 N–H and O–H groups in total. The number of aryl methyl sites for hydroxylation is 1. The summed E-state index contributed by atoms with van der Waals surface area (Å²) in [6, 6.07) is 5.82. The molecule has 0 radical (unpaired) electrons. The first-order chi connectivity index (χ1) is 36.5. The molecule has 3 rings (SSSR count). The van der Waals surface area contributed by atoms with Gasteiger partial charge in [0.15, 0.2) is 5.43 Å². The van der Waals surface area contributed by atoms with Gasteiger partial charge in [0.05, 0.1) is 29.3 Å². The number of Topliss-reactive ketones (excluding diaryl/α,β-unsaturated/α-hetero) is 1. The molecule has 1 aromatic heterocycles. The largest absolute Gasteiger partial charge is 0.508 e. The average molecular weight is 1110 g/mol. The van der Waals surface area contributed by atoms with Crippen molar-refractivity contribution in [3.63, 3.8) is 0 Å². The van der Waals surface area contributed by atoms with Crippen molar-refractivity contribution in [3.05, 3.63) is 95.9 Å². The van der Waals surface area contributed by atoms with Crippen molar-refractivity contribution in [1.29, 1.82) is 0 Å². The zero-order valence-electron chi connectivity index (χ0n) is 52.4. The first-order valence-corrected chi connectivity index (χ1v) is 30.5. The summed E-state index contributed by atoms with van der Waals surface area (Å²) in [5.74, 6) is 3.48. The lowest BCUT2D eigenvalue weighted by Crippen LogP contribution is -2.53. The second kappa shape index (κ2) is 32.7. The second-order valence-corrected chi connectivity index (χ2v) is 25.8. The molecule has 11 nitrogen and oxygen atoms in total. The number of pyridine rings is 1. The summed E-state index contributed by atoms with van der Waals surface area (Å²) in [5.41, 5.74) is 0.301. The average Bonchev–Trinajstić information content (AvgIpc) is 3.39. The summed E-state index contributed by atoms with van der Waals surface area (Å²) in [5, 5.41) is 37.2. The quantitative estimate of drug-likeness (QED) is 0.0266. The molecule has 1 fully saturated rings. The maximum Gasteiger partial charge on any atom is 0.200 e. The minimum Gasteiger partial charge on any atom is -0.508 e.